The van der Waals surface area contributed by atoms with Crippen LogP contribution in [0.3, 0.4) is 0 Å². The molecule has 0 unspecified atom stereocenters. The van der Waals surface area contributed by atoms with Crippen LogP contribution >= 0.6 is 31.9 Å². The number of unbranched alkanes of at least 4 members (excludes halogenated alkanes) is 1. The van der Waals surface area contributed by atoms with Gasteiger partial charge in [0.05, 0.1) is 11.9 Å². The van der Waals surface area contributed by atoms with E-state index in [1.165, 1.54) is 4.90 Å². The molecule has 1 N–H and O–H groups in total. The molecule has 10 heteroatoms. The molecule has 0 bridgehead atoms. The zero-order valence-electron chi connectivity index (χ0n) is 22.0. The number of para-hydroxylation sites is 1. The summed E-state index contributed by atoms with van der Waals surface area (Å²) < 4.78 is 28.2. The van der Waals surface area contributed by atoms with E-state index in [-0.39, 0.29) is 18.9 Å². The molecule has 0 saturated carbocycles. The number of rotatable bonds is 13. The average molecular weight is 679 g/mol. The number of halogens is 2. The van der Waals surface area contributed by atoms with Crippen LogP contribution in [-0.2, 0) is 32.6 Å². The van der Waals surface area contributed by atoms with Crippen LogP contribution in [0.1, 0.15) is 30.9 Å². The smallest absolute Gasteiger partial charge is 0.244 e. The van der Waals surface area contributed by atoms with Crippen LogP contribution in [0.25, 0.3) is 0 Å². The van der Waals surface area contributed by atoms with Crippen molar-refractivity contribution < 1.29 is 18.0 Å². The SMILES string of the molecule is CCCCNC(=O)[C@H](Cc1ccccc1)N(Cc1ccc(Br)cc1)C(=O)CN(c1ccccc1Br)S(C)(=O)=O. The summed E-state index contributed by atoms with van der Waals surface area (Å²) in [5.74, 6) is -0.754. The maximum atomic E-state index is 14.0. The first kappa shape index (κ1) is 30.8. The summed E-state index contributed by atoms with van der Waals surface area (Å²) in [5.41, 5.74) is 2.06. The summed E-state index contributed by atoms with van der Waals surface area (Å²) in [6, 6.07) is 23.0. The normalized spacial score (nSPS) is 12.0. The summed E-state index contributed by atoms with van der Waals surface area (Å²) in [6.07, 6.45) is 3.08. The molecule has 1 atom stereocenters. The van der Waals surface area contributed by atoms with Gasteiger partial charge in [0.1, 0.15) is 12.6 Å². The van der Waals surface area contributed by atoms with E-state index in [2.05, 4.69) is 37.2 Å². The van der Waals surface area contributed by atoms with Gasteiger partial charge in [-0.1, -0.05) is 83.9 Å². The van der Waals surface area contributed by atoms with E-state index in [0.717, 1.165) is 39.0 Å². The zero-order valence-corrected chi connectivity index (χ0v) is 26.0. The van der Waals surface area contributed by atoms with E-state index in [1.807, 2.05) is 61.5 Å². The van der Waals surface area contributed by atoms with Crippen LogP contribution in [0.15, 0.2) is 87.8 Å². The zero-order chi connectivity index (χ0) is 28.4. The van der Waals surface area contributed by atoms with Gasteiger partial charge in [0.15, 0.2) is 0 Å². The molecule has 0 aliphatic carbocycles. The fraction of sp³-hybridized carbons (Fsp3) is 0.310. The number of carbonyl (C=O) groups is 2. The number of nitrogens with zero attached hydrogens (tertiary/aromatic N) is 2. The molecule has 39 heavy (non-hydrogen) atoms. The standard InChI is InChI=1S/C29H33Br2N3O4S/c1-3-4-18-32-29(36)27(19-22-10-6-5-7-11-22)33(20-23-14-16-24(30)17-15-23)28(35)21-34(39(2,37)38)26-13-9-8-12-25(26)31/h5-17,27H,3-4,18-21H2,1-2H3,(H,32,36)/t27-/m0/s1. The summed E-state index contributed by atoms with van der Waals surface area (Å²) in [6.45, 7) is 2.22. The van der Waals surface area contributed by atoms with Gasteiger partial charge in [-0.3, -0.25) is 13.9 Å². The lowest BCUT2D eigenvalue weighted by Gasteiger charge is -2.33. The molecule has 0 heterocycles. The minimum atomic E-state index is -3.82. The minimum Gasteiger partial charge on any atom is -0.354 e. The largest absolute Gasteiger partial charge is 0.354 e. The molecule has 0 aliphatic rings. The molecule has 0 spiro atoms. The molecule has 0 saturated heterocycles. The van der Waals surface area contributed by atoms with Crippen molar-refractivity contribution in [1.82, 2.24) is 10.2 Å². The third kappa shape index (κ3) is 9.19. The number of hydrogen-bond acceptors (Lipinski definition) is 4. The van der Waals surface area contributed by atoms with Crippen LogP contribution in [0.2, 0.25) is 0 Å². The summed E-state index contributed by atoms with van der Waals surface area (Å²) in [4.78, 5) is 29.1. The molecule has 2 amide bonds. The first-order valence-electron chi connectivity index (χ1n) is 12.7. The first-order valence-corrected chi connectivity index (χ1v) is 16.1. The van der Waals surface area contributed by atoms with E-state index < -0.39 is 28.5 Å². The lowest BCUT2D eigenvalue weighted by molar-refractivity contribution is -0.140. The molecule has 208 valence electrons. The molecule has 3 aromatic rings. The number of sulfonamides is 1. The second-order valence-electron chi connectivity index (χ2n) is 9.22. The summed E-state index contributed by atoms with van der Waals surface area (Å²) >= 11 is 6.85. The Bertz CT molecular complexity index is 1350. The van der Waals surface area contributed by atoms with Gasteiger partial charge < -0.3 is 10.2 Å². The van der Waals surface area contributed by atoms with Gasteiger partial charge in [-0.25, -0.2) is 8.42 Å². The molecule has 0 fully saturated rings. The lowest BCUT2D eigenvalue weighted by atomic mass is 10.0. The maximum absolute atomic E-state index is 14.0. The molecule has 3 aromatic carbocycles. The molecule has 0 aromatic heterocycles. The minimum absolute atomic E-state index is 0.137. The number of amides is 2. The Morgan fingerprint density at radius 1 is 0.897 bits per heavy atom. The topological polar surface area (TPSA) is 86.8 Å². The molecule has 3 rings (SSSR count). The highest BCUT2D eigenvalue weighted by Gasteiger charge is 2.33. The number of anilines is 1. The number of nitrogens with one attached hydrogen (secondary N) is 1. The van der Waals surface area contributed by atoms with Gasteiger partial charge in [-0.2, -0.15) is 0 Å². The van der Waals surface area contributed by atoms with Crippen molar-refractivity contribution in [3.8, 4) is 0 Å². The Hall–Kier alpha value is -2.69. The van der Waals surface area contributed by atoms with Gasteiger partial charge in [0, 0.05) is 28.5 Å². The monoisotopic (exact) mass is 677 g/mol. The summed E-state index contributed by atoms with van der Waals surface area (Å²) in [5, 5.41) is 2.98. The molecular weight excluding hydrogens is 646 g/mol. The number of benzene rings is 3. The molecule has 0 radical (unpaired) electrons. The van der Waals surface area contributed by atoms with Crippen LogP contribution in [0.5, 0.6) is 0 Å². The second-order valence-corrected chi connectivity index (χ2v) is 12.9. The van der Waals surface area contributed by atoms with Crippen molar-refractivity contribution >= 4 is 59.4 Å². The Balaban J connectivity index is 2.03. The van der Waals surface area contributed by atoms with Gasteiger partial charge in [0.2, 0.25) is 21.8 Å². The van der Waals surface area contributed by atoms with Crippen LogP contribution in [0, 0.1) is 0 Å². The fourth-order valence-electron chi connectivity index (χ4n) is 4.10. The van der Waals surface area contributed by atoms with Crippen molar-refractivity contribution in [2.24, 2.45) is 0 Å². The Morgan fingerprint density at radius 2 is 1.54 bits per heavy atom. The van der Waals surface area contributed by atoms with Crippen molar-refractivity contribution in [3.63, 3.8) is 0 Å². The first-order chi connectivity index (χ1) is 18.6. The van der Waals surface area contributed by atoms with Crippen LogP contribution in [0.4, 0.5) is 5.69 Å². The van der Waals surface area contributed by atoms with Gasteiger partial charge in [-0.15, -0.1) is 0 Å². The Kier molecular flexibility index (Phi) is 11.6. The highest BCUT2D eigenvalue weighted by molar-refractivity contribution is 9.10. The van der Waals surface area contributed by atoms with E-state index in [1.54, 1.807) is 24.3 Å². The lowest BCUT2D eigenvalue weighted by Crippen LogP contribution is -2.53. The number of carbonyl (C=O) groups excluding carboxylic acids is 2. The molecule has 7 nitrogen and oxygen atoms in total. The fourth-order valence-corrected chi connectivity index (χ4v) is 5.84. The second kappa shape index (κ2) is 14.6. The van der Waals surface area contributed by atoms with Gasteiger partial charge in [0.25, 0.3) is 0 Å². The van der Waals surface area contributed by atoms with Crippen molar-refractivity contribution in [2.75, 3.05) is 23.7 Å². The van der Waals surface area contributed by atoms with Gasteiger partial charge >= 0.3 is 0 Å². The van der Waals surface area contributed by atoms with Crippen LogP contribution < -0.4 is 9.62 Å². The number of hydrogen-bond donors (Lipinski definition) is 1. The predicted molar refractivity (Wildman–Crippen MR) is 163 cm³/mol. The van der Waals surface area contributed by atoms with E-state index in [4.69, 9.17) is 0 Å². The quantitative estimate of drug-likeness (QED) is 0.241. The van der Waals surface area contributed by atoms with E-state index in [0.29, 0.717) is 16.7 Å². The van der Waals surface area contributed by atoms with Crippen LogP contribution in [-0.4, -0.2) is 50.5 Å². The maximum Gasteiger partial charge on any atom is 0.244 e. The van der Waals surface area contributed by atoms with Gasteiger partial charge in [-0.05, 0) is 57.7 Å². The summed E-state index contributed by atoms with van der Waals surface area (Å²) in [7, 11) is -3.82. The van der Waals surface area contributed by atoms with Crippen molar-refractivity contribution in [3.05, 3.63) is 98.9 Å². The highest BCUT2D eigenvalue weighted by atomic mass is 79.9. The molecule has 0 aliphatic heterocycles. The molecular formula is C29H33Br2N3O4S. The highest BCUT2D eigenvalue weighted by Crippen LogP contribution is 2.28. The van der Waals surface area contributed by atoms with E-state index >= 15 is 0 Å². The van der Waals surface area contributed by atoms with Crippen molar-refractivity contribution in [1.29, 1.82) is 0 Å². The third-order valence-electron chi connectivity index (χ3n) is 6.17. The Morgan fingerprint density at radius 3 is 2.15 bits per heavy atom. The average Bonchev–Trinajstić information content (AvgIpc) is 2.91. The third-order valence-corrected chi connectivity index (χ3v) is 8.49. The van der Waals surface area contributed by atoms with Crippen molar-refractivity contribution in [2.45, 2.75) is 38.8 Å². The predicted octanol–water partition coefficient (Wildman–Crippen LogP) is 5.53. The van der Waals surface area contributed by atoms with E-state index in [9.17, 15) is 18.0 Å². The Labute approximate surface area is 247 Å².